The number of nitrogens with zero attached hydrogens (tertiary/aromatic N) is 3. The zero-order valence-electron chi connectivity index (χ0n) is 12.4. The van der Waals surface area contributed by atoms with Crippen LogP contribution in [-0.2, 0) is 11.2 Å². The zero-order chi connectivity index (χ0) is 14.4. The predicted molar refractivity (Wildman–Crippen MR) is 78.0 cm³/mol. The van der Waals surface area contributed by atoms with Gasteiger partial charge in [-0.1, -0.05) is 19.8 Å². The van der Waals surface area contributed by atoms with Crippen molar-refractivity contribution in [2.45, 2.75) is 46.0 Å². The molecule has 0 radical (unpaired) electrons. The number of carbonyl (C=O) groups is 1. The Morgan fingerprint density at radius 3 is 2.55 bits per heavy atom. The minimum absolute atomic E-state index is 0.327. The number of aryl methyl sites for hydroxylation is 1. The molecule has 0 unspecified atom stereocenters. The molecular formula is C15H23N3O2. The third kappa shape index (κ3) is 3.46. The van der Waals surface area contributed by atoms with Crippen molar-refractivity contribution in [1.82, 2.24) is 9.97 Å². The average molecular weight is 277 g/mol. The molecule has 0 saturated carbocycles. The summed E-state index contributed by atoms with van der Waals surface area (Å²) in [5.41, 5.74) is 1.27. The van der Waals surface area contributed by atoms with Crippen LogP contribution in [0.4, 0.5) is 5.95 Å². The largest absolute Gasteiger partial charge is 0.462 e. The molecule has 1 aromatic heterocycles. The van der Waals surface area contributed by atoms with Crippen molar-refractivity contribution in [3.05, 3.63) is 17.5 Å². The van der Waals surface area contributed by atoms with Gasteiger partial charge in [0.15, 0.2) is 0 Å². The minimum Gasteiger partial charge on any atom is -0.462 e. The summed E-state index contributed by atoms with van der Waals surface area (Å²) in [6.45, 7) is 6.17. The fourth-order valence-corrected chi connectivity index (χ4v) is 2.48. The van der Waals surface area contributed by atoms with Crippen molar-refractivity contribution in [2.75, 3.05) is 24.6 Å². The number of ether oxygens (including phenoxy) is 1. The Labute approximate surface area is 120 Å². The molecule has 0 spiro atoms. The second-order valence-corrected chi connectivity index (χ2v) is 5.01. The van der Waals surface area contributed by atoms with E-state index in [9.17, 15) is 4.79 Å². The number of hydrogen-bond acceptors (Lipinski definition) is 5. The summed E-state index contributed by atoms with van der Waals surface area (Å²) in [6.07, 6.45) is 7.24. The van der Waals surface area contributed by atoms with E-state index in [2.05, 4.69) is 14.9 Å². The fourth-order valence-electron chi connectivity index (χ4n) is 2.48. The van der Waals surface area contributed by atoms with Crippen LogP contribution in [0.15, 0.2) is 6.20 Å². The van der Waals surface area contributed by atoms with Gasteiger partial charge in [0.2, 0.25) is 5.95 Å². The van der Waals surface area contributed by atoms with Crippen LogP contribution in [0.1, 0.15) is 55.6 Å². The van der Waals surface area contributed by atoms with E-state index in [4.69, 9.17) is 4.74 Å². The van der Waals surface area contributed by atoms with Crippen LogP contribution < -0.4 is 4.90 Å². The van der Waals surface area contributed by atoms with Gasteiger partial charge in [-0.3, -0.25) is 0 Å². The molecule has 0 aliphatic carbocycles. The Morgan fingerprint density at radius 1 is 1.25 bits per heavy atom. The van der Waals surface area contributed by atoms with Crippen molar-refractivity contribution < 1.29 is 9.53 Å². The molecule has 1 saturated heterocycles. The number of carbonyl (C=O) groups excluding carboxylic acids is 1. The van der Waals surface area contributed by atoms with Gasteiger partial charge in [-0.15, -0.1) is 0 Å². The SMILES string of the molecule is CCOC(=O)c1cnc(N2CCCCCC2)nc1CC. The first-order valence-corrected chi connectivity index (χ1v) is 7.54. The van der Waals surface area contributed by atoms with E-state index < -0.39 is 0 Å². The molecule has 2 rings (SSSR count). The van der Waals surface area contributed by atoms with Gasteiger partial charge in [-0.05, 0) is 26.2 Å². The Hall–Kier alpha value is -1.65. The minimum atomic E-state index is -0.327. The molecule has 2 heterocycles. The topological polar surface area (TPSA) is 55.3 Å². The molecule has 0 N–H and O–H groups in total. The van der Waals surface area contributed by atoms with Crippen molar-refractivity contribution in [3.8, 4) is 0 Å². The molecule has 5 nitrogen and oxygen atoms in total. The molecule has 1 fully saturated rings. The van der Waals surface area contributed by atoms with Gasteiger partial charge in [0, 0.05) is 19.3 Å². The smallest absolute Gasteiger partial charge is 0.341 e. The first-order valence-electron chi connectivity index (χ1n) is 7.54. The molecule has 0 bridgehead atoms. The van der Waals surface area contributed by atoms with E-state index in [1.165, 1.54) is 25.7 Å². The molecular weight excluding hydrogens is 254 g/mol. The van der Waals surface area contributed by atoms with Gasteiger partial charge in [0.25, 0.3) is 0 Å². The van der Waals surface area contributed by atoms with Gasteiger partial charge < -0.3 is 9.64 Å². The Balaban J connectivity index is 2.21. The summed E-state index contributed by atoms with van der Waals surface area (Å²) < 4.78 is 5.04. The normalized spacial score (nSPS) is 15.8. The van der Waals surface area contributed by atoms with Gasteiger partial charge in [0.1, 0.15) is 0 Å². The summed E-state index contributed by atoms with van der Waals surface area (Å²) in [7, 11) is 0. The highest BCUT2D eigenvalue weighted by molar-refractivity contribution is 5.90. The molecule has 110 valence electrons. The van der Waals surface area contributed by atoms with Crippen molar-refractivity contribution in [1.29, 1.82) is 0 Å². The monoisotopic (exact) mass is 277 g/mol. The van der Waals surface area contributed by atoms with Crippen LogP contribution in [0.2, 0.25) is 0 Å². The number of hydrogen-bond donors (Lipinski definition) is 0. The molecule has 1 aromatic rings. The standard InChI is InChI=1S/C15H23N3O2/c1-3-13-12(14(19)20-4-2)11-16-15(17-13)18-9-7-5-6-8-10-18/h11H,3-10H2,1-2H3. The number of rotatable bonds is 4. The Kier molecular flexibility index (Phi) is 5.32. The molecule has 20 heavy (non-hydrogen) atoms. The molecule has 1 aliphatic rings. The zero-order valence-corrected chi connectivity index (χ0v) is 12.4. The van der Waals surface area contributed by atoms with Crippen LogP contribution >= 0.6 is 0 Å². The highest BCUT2D eigenvalue weighted by Gasteiger charge is 2.18. The van der Waals surface area contributed by atoms with E-state index >= 15 is 0 Å². The lowest BCUT2D eigenvalue weighted by Crippen LogP contribution is -2.27. The van der Waals surface area contributed by atoms with E-state index in [0.717, 1.165) is 24.7 Å². The van der Waals surface area contributed by atoms with E-state index in [1.807, 2.05) is 6.92 Å². The number of anilines is 1. The van der Waals surface area contributed by atoms with E-state index in [-0.39, 0.29) is 5.97 Å². The quantitative estimate of drug-likeness (QED) is 0.792. The maximum Gasteiger partial charge on any atom is 0.341 e. The molecule has 0 atom stereocenters. The fraction of sp³-hybridized carbons (Fsp3) is 0.667. The Morgan fingerprint density at radius 2 is 1.95 bits per heavy atom. The molecule has 0 aromatic carbocycles. The lowest BCUT2D eigenvalue weighted by molar-refractivity contribution is 0.0524. The third-order valence-electron chi connectivity index (χ3n) is 3.57. The third-order valence-corrected chi connectivity index (χ3v) is 3.57. The average Bonchev–Trinajstić information content (AvgIpc) is 2.76. The van der Waals surface area contributed by atoms with E-state index in [1.54, 1.807) is 13.1 Å². The van der Waals surface area contributed by atoms with Gasteiger partial charge in [0.05, 0.1) is 17.9 Å². The highest BCUT2D eigenvalue weighted by Crippen LogP contribution is 2.18. The summed E-state index contributed by atoms with van der Waals surface area (Å²) in [5, 5.41) is 0. The summed E-state index contributed by atoms with van der Waals surface area (Å²) in [6, 6.07) is 0. The summed E-state index contributed by atoms with van der Waals surface area (Å²) in [5.74, 6) is 0.420. The van der Waals surface area contributed by atoms with Crippen LogP contribution in [0.25, 0.3) is 0 Å². The van der Waals surface area contributed by atoms with Crippen LogP contribution in [0.3, 0.4) is 0 Å². The molecule has 1 aliphatic heterocycles. The summed E-state index contributed by atoms with van der Waals surface area (Å²) >= 11 is 0. The van der Waals surface area contributed by atoms with Gasteiger partial charge in [-0.2, -0.15) is 0 Å². The van der Waals surface area contributed by atoms with Gasteiger partial charge >= 0.3 is 5.97 Å². The summed E-state index contributed by atoms with van der Waals surface area (Å²) in [4.78, 5) is 23.0. The van der Waals surface area contributed by atoms with Crippen molar-refractivity contribution >= 4 is 11.9 Å². The van der Waals surface area contributed by atoms with Crippen LogP contribution in [-0.4, -0.2) is 35.6 Å². The second kappa shape index (κ2) is 7.22. The van der Waals surface area contributed by atoms with Crippen LogP contribution in [0.5, 0.6) is 0 Å². The maximum absolute atomic E-state index is 11.9. The Bertz CT molecular complexity index is 454. The highest BCUT2D eigenvalue weighted by atomic mass is 16.5. The first kappa shape index (κ1) is 14.8. The lowest BCUT2D eigenvalue weighted by Gasteiger charge is -2.21. The second-order valence-electron chi connectivity index (χ2n) is 5.01. The first-order chi connectivity index (χ1) is 9.76. The van der Waals surface area contributed by atoms with Gasteiger partial charge in [-0.25, -0.2) is 14.8 Å². The van der Waals surface area contributed by atoms with E-state index in [0.29, 0.717) is 18.6 Å². The predicted octanol–water partition coefficient (Wildman–Crippen LogP) is 2.60. The molecule has 0 amide bonds. The van der Waals surface area contributed by atoms with Crippen LogP contribution in [0, 0.1) is 0 Å². The van der Waals surface area contributed by atoms with Crippen molar-refractivity contribution in [3.63, 3.8) is 0 Å². The number of aromatic nitrogens is 2. The molecule has 5 heteroatoms. The maximum atomic E-state index is 11.9. The lowest BCUT2D eigenvalue weighted by atomic mass is 10.2. The van der Waals surface area contributed by atoms with Crippen molar-refractivity contribution in [2.24, 2.45) is 0 Å². The number of esters is 1.